The second-order valence-corrected chi connectivity index (χ2v) is 8.07. The number of hydrogen-bond acceptors (Lipinski definition) is 3. The lowest BCUT2D eigenvalue weighted by Gasteiger charge is -2.16. The van der Waals surface area contributed by atoms with Gasteiger partial charge < -0.3 is 0 Å². The zero-order valence-corrected chi connectivity index (χ0v) is 14.9. The number of rotatable bonds is 4. The van der Waals surface area contributed by atoms with E-state index in [9.17, 15) is 8.42 Å². The van der Waals surface area contributed by atoms with E-state index in [0.717, 1.165) is 27.1 Å². The Morgan fingerprint density at radius 1 is 0.962 bits per heavy atom. The molecule has 0 unspecified atom stereocenters. The van der Waals surface area contributed by atoms with E-state index in [1.165, 1.54) is 0 Å². The minimum Gasteiger partial charge on any atom is -0.264 e. The van der Waals surface area contributed by atoms with Gasteiger partial charge in [-0.1, -0.05) is 48.6 Å². The van der Waals surface area contributed by atoms with Crippen LogP contribution in [0, 0.1) is 0 Å². The summed E-state index contributed by atoms with van der Waals surface area (Å²) in [4.78, 5) is 4.38. The molecule has 4 rings (SSSR count). The smallest absolute Gasteiger partial charge is 0.237 e. The van der Waals surface area contributed by atoms with Crippen LogP contribution in [0.5, 0.6) is 0 Å². The van der Waals surface area contributed by atoms with E-state index in [0.29, 0.717) is 11.3 Å². The molecule has 0 saturated carbocycles. The molecule has 1 aromatic heterocycles. The molecule has 0 saturated heterocycles. The van der Waals surface area contributed by atoms with Crippen molar-refractivity contribution in [3.8, 4) is 0 Å². The van der Waals surface area contributed by atoms with E-state index >= 15 is 0 Å². The molecule has 0 bridgehead atoms. The number of fused-ring (bicyclic) bond motifs is 2. The van der Waals surface area contributed by atoms with Gasteiger partial charge in [0, 0.05) is 25.4 Å². The van der Waals surface area contributed by atoms with Gasteiger partial charge in [-0.3, -0.25) is 4.98 Å². The van der Waals surface area contributed by atoms with Crippen molar-refractivity contribution in [3.63, 3.8) is 0 Å². The first-order valence-corrected chi connectivity index (χ1v) is 9.88. The van der Waals surface area contributed by atoms with Crippen LogP contribution in [0.2, 0.25) is 0 Å². The van der Waals surface area contributed by atoms with E-state index in [4.69, 9.17) is 0 Å². The molecule has 5 heteroatoms. The van der Waals surface area contributed by atoms with Crippen LogP contribution >= 0.6 is 0 Å². The summed E-state index contributed by atoms with van der Waals surface area (Å²) in [5.41, 5.74) is 2.89. The van der Waals surface area contributed by atoms with Crippen molar-refractivity contribution >= 4 is 22.2 Å². The quantitative estimate of drug-likeness (QED) is 0.904. The lowest BCUT2D eigenvalue weighted by atomic mass is 9.97. The molecular weight excluding hydrogens is 344 g/mol. The Morgan fingerprint density at radius 2 is 1.81 bits per heavy atom. The van der Waals surface area contributed by atoms with Gasteiger partial charge in [0.15, 0.2) is 0 Å². The van der Waals surface area contributed by atoms with E-state index in [1.807, 2.05) is 36.4 Å². The minimum absolute atomic E-state index is 0.229. The van der Waals surface area contributed by atoms with Gasteiger partial charge in [-0.25, -0.2) is 13.1 Å². The maximum absolute atomic E-state index is 12.7. The molecule has 2 aliphatic carbocycles. The predicted octanol–water partition coefficient (Wildman–Crippen LogP) is 1.92. The van der Waals surface area contributed by atoms with Crippen LogP contribution in [0.25, 0.3) is 12.2 Å². The topological polar surface area (TPSA) is 59.1 Å². The maximum Gasteiger partial charge on any atom is 0.237 e. The number of benzene rings is 1. The highest BCUT2D eigenvalue weighted by Gasteiger charge is 2.22. The standard InChI is InChI=1S/C21H18N2O2S/c24-26(25,23-15-16-4-3-11-22-14-16)21-10-9-19-12-18-6-2-1-5-17(18)7-8-20(19)13-21/h1-12,14,23H,13,15H2. The molecule has 2 aromatic rings. The Bertz CT molecular complexity index is 1160. The van der Waals surface area contributed by atoms with Crippen LogP contribution in [0.1, 0.15) is 12.0 Å². The van der Waals surface area contributed by atoms with Crippen molar-refractivity contribution in [3.05, 3.63) is 99.1 Å². The molecular formula is C21H18N2O2S. The minimum atomic E-state index is -3.54. The summed E-state index contributed by atoms with van der Waals surface area (Å²) < 4.78 is 28.0. The number of allylic oxidation sites excluding steroid dienone is 6. The van der Waals surface area contributed by atoms with Crippen molar-refractivity contribution in [1.82, 2.24) is 9.71 Å². The summed E-state index contributed by atoms with van der Waals surface area (Å²) in [6.07, 6.45) is 13.4. The first kappa shape index (κ1) is 16.7. The number of sulfonamides is 1. The van der Waals surface area contributed by atoms with Gasteiger partial charge in [0.25, 0.3) is 0 Å². The molecule has 26 heavy (non-hydrogen) atoms. The normalized spacial score (nSPS) is 15.9. The lowest BCUT2D eigenvalue weighted by molar-refractivity contribution is 0.586. The molecule has 0 radical (unpaired) electrons. The average molecular weight is 362 g/mol. The molecule has 2 aliphatic rings. The molecule has 0 spiro atoms. The van der Waals surface area contributed by atoms with E-state index in [-0.39, 0.29) is 6.54 Å². The van der Waals surface area contributed by atoms with Gasteiger partial charge in [-0.15, -0.1) is 0 Å². The van der Waals surface area contributed by atoms with Crippen LogP contribution < -0.4 is 15.2 Å². The predicted molar refractivity (Wildman–Crippen MR) is 103 cm³/mol. The highest BCUT2D eigenvalue weighted by Crippen LogP contribution is 2.28. The second-order valence-electron chi connectivity index (χ2n) is 6.25. The number of aromatic nitrogens is 1. The Hall–Kier alpha value is -2.76. The highest BCUT2D eigenvalue weighted by molar-refractivity contribution is 7.93. The van der Waals surface area contributed by atoms with Crippen molar-refractivity contribution < 1.29 is 8.42 Å². The van der Waals surface area contributed by atoms with Gasteiger partial charge >= 0.3 is 0 Å². The van der Waals surface area contributed by atoms with E-state index < -0.39 is 10.0 Å². The van der Waals surface area contributed by atoms with Crippen LogP contribution in [-0.2, 0) is 16.6 Å². The van der Waals surface area contributed by atoms with Crippen molar-refractivity contribution in [2.45, 2.75) is 13.0 Å². The van der Waals surface area contributed by atoms with Gasteiger partial charge in [-0.05, 0) is 45.4 Å². The summed E-state index contributed by atoms with van der Waals surface area (Å²) in [6, 6.07) is 11.8. The van der Waals surface area contributed by atoms with Gasteiger partial charge in [0.2, 0.25) is 10.0 Å². The fourth-order valence-corrected chi connectivity index (χ4v) is 4.18. The highest BCUT2D eigenvalue weighted by atomic mass is 32.2. The third-order valence-corrected chi connectivity index (χ3v) is 5.98. The average Bonchev–Trinajstić information content (AvgIpc) is 2.86. The number of nitrogens with one attached hydrogen (secondary N) is 1. The Balaban J connectivity index is 1.60. The zero-order valence-electron chi connectivity index (χ0n) is 14.1. The van der Waals surface area contributed by atoms with Crippen LogP contribution in [0.3, 0.4) is 0 Å². The van der Waals surface area contributed by atoms with E-state index in [1.54, 1.807) is 24.5 Å². The van der Waals surface area contributed by atoms with Gasteiger partial charge in [-0.2, -0.15) is 0 Å². The Kier molecular flexibility index (Phi) is 4.41. The summed E-state index contributed by atoms with van der Waals surface area (Å²) in [6.45, 7) is 0.229. The molecule has 0 amide bonds. The number of hydrogen-bond donors (Lipinski definition) is 1. The maximum atomic E-state index is 12.7. The lowest BCUT2D eigenvalue weighted by Crippen LogP contribution is -2.25. The summed E-state index contributed by atoms with van der Waals surface area (Å²) >= 11 is 0. The SMILES string of the molecule is O=S(=O)(NCc1cccnc1)C1=CC=C2C=c3ccccc3=CC=C2C1. The molecule has 0 aliphatic heterocycles. The third-order valence-electron chi connectivity index (χ3n) is 4.49. The molecule has 130 valence electrons. The van der Waals surface area contributed by atoms with Crippen molar-refractivity contribution in [2.75, 3.05) is 0 Å². The Morgan fingerprint density at radius 3 is 2.62 bits per heavy atom. The summed E-state index contributed by atoms with van der Waals surface area (Å²) in [5.74, 6) is 0. The fourth-order valence-electron chi connectivity index (χ4n) is 3.04. The third kappa shape index (κ3) is 3.45. The molecule has 0 fully saturated rings. The molecule has 4 nitrogen and oxygen atoms in total. The van der Waals surface area contributed by atoms with E-state index in [2.05, 4.69) is 27.9 Å². The van der Waals surface area contributed by atoms with Crippen LogP contribution in [0.15, 0.2) is 83.1 Å². The number of pyridine rings is 1. The molecule has 1 aromatic carbocycles. The Labute approximate surface area is 152 Å². The van der Waals surface area contributed by atoms with Gasteiger partial charge in [0.05, 0.1) is 4.91 Å². The second kappa shape index (κ2) is 6.86. The van der Waals surface area contributed by atoms with Gasteiger partial charge in [0.1, 0.15) is 0 Å². The zero-order chi connectivity index (χ0) is 18.0. The molecule has 1 N–H and O–H groups in total. The van der Waals surface area contributed by atoms with Crippen LogP contribution in [-0.4, -0.2) is 13.4 Å². The van der Waals surface area contributed by atoms with Crippen molar-refractivity contribution in [1.29, 1.82) is 0 Å². The van der Waals surface area contributed by atoms with Crippen LogP contribution in [0.4, 0.5) is 0 Å². The fraction of sp³-hybridized carbons (Fsp3) is 0.0952. The first-order valence-electron chi connectivity index (χ1n) is 8.39. The monoisotopic (exact) mass is 362 g/mol. The first-order chi connectivity index (χ1) is 12.6. The summed E-state index contributed by atoms with van der Waals surface area (Å²) in [7, 11) is -3.54. The van der Waals surface area contributed by atoms with Crippen molar-refractivity contribution in [2.24, 2.45) is 0 Å². The number of nitrogens with zero attached hydrogens (tertiary/aromatic N) is 1. The molecule has 1 heterocycles. The summed E-state index contributed by atoms with van der Waals surface area (Å²) in [5, 5.41) is 2.27. The molecule has 0 atom stereocenters. The largest absolute Gasteiger partial charge is 0.264 e.